The van der Waals surface area contributed by atoms with Gasteiger partial charge in [-0.2, -0.15) is 23.5 Å². The Balaban J connectivity index is 2.25. The van der Waals surface area contributed by atoms with Gasteiger partial charge in [-0.05, 0) is 12.8 Å². The lowest BCUT2D eigenvalue weighted by Gasteiger charge is -2.17. The van der Waals surface area contributed by atoms with Gasteiger partial charge in [-0.25, -0.2) is 9.59 Å². The van der Waals surface area contributed by atoms with Gasteiger partial charge >= 0.3 is 11.9 Å². The number of hydrogen-bond donors (Lipinski definition) is 4. The Bertz CT molecular complexity index is 501. The molecule has 1 heterocycles. The predicted molar refractivity (Wildman–Crippen MR) is 103 cm³/mol. The fourth-order valence-corrected chi connectivity index (χ4v) is 4.71. The maximum absolute atomic E-state index is 11.1. The highest BCUT2D eigenvalue weighted by Gasteiger charge is 2.27. The maximum Gasteiger partial charge on any atom is 0.327 e. The Morgan fingerprint density at radius 1 is 0.889 bits per heavy atom. The maximum atomic E-state index is 11.1. The zero-order valence-electron chi connectivity index (χ0n) is 15.3. The molecule has 1 saturated heterocycles. The van der Waals surface area contributed by atoms with E-state index >= 15 is 0 Å². The van der Waals surface area contributed by atoms with Gasteiger partial charge in [0.25, 0.3) is 0 Å². The van der Waals surface area contributed by atoms with E-state index in [1.54, 1.807) is 0 Å². The number of ether oxygens (including phenoxy) is 1. The molecule has 1 fully saturated rings. The Kier molecular flexibility index (Phi) is 10.6. The van der Waals surface area contributed by atoms with Crippen LogP contribution in [0.1, 0.15) is 26.7 Å². The topological polar surface area (TPSA) is 142 Å². The van der Waals surface area contributed by atoms with Gasteiger partial charge in [0, 0.05) is 36.9 Å². The summed E-state index contributed by atoms with van der Waals surface area (Å²) < 4.78 is 5.90. The summed E-state index contributed by atoms with van der Waals surface area (Å²) in [5, 5.41) is 22.9. The van der Waals surface area contributed by atoms with E-state index in [1.807, 2.05) is 0 Å². The van der Waals surface area contributed by atoms with Gasteiger partial charge in [0.1, 0.15) is 12.1 Å². The van der Waals surface area contributed by atoms with E-state index < -0.39 is 24.0 Å². The molecule has 0 radical (unpaired) electrons. The molecule has 0 aromatic heterocycles. The normalized spacial score (nSPS) is 21.3. The molecule has 154 valence electrons. The Labute approximate surface area is 166 Å². The van der Waals surface area contributed by atoms with E-state index in [0.717, 1.165) is 12.8 Å². The Hall–Kier alpha value is -1.46. The summed E-state index contributed by atoms with van der Waals surface area (Å²) in [6.45, 7) is 2.56. The van der Waals surface area contributed by atoms with E-state index in [4.69, 9.17) is 14.9 Å². The van der Waals surface area contributed by atoms with Crippen LogP contribution in [0.4, 0.5) is 0 Å². The number of nitrogens with one attached hydrogen (secondary N) is 2. The fourth-order valence-electron chi connectivity index (χ4n) is 2.50. The first-order chi connectivity index (χ1) is 12.7. The SMILES string of the molecule is CC(=O)N[C@@H](CSCC1CCC(CSC[C@H](NC(C)=O)C(=O)O)O1)C(=O)O. The Morgan fingerprint density at radius 3 is 1.56 bits per heavy atom. The minimum Gasteiger partial charge on any atom is -0.480 e. The molecule has 1 rings (SSSR count). The van der Waals surface area contributed by atoms with E-state index in [9.17, 15) is 19.2 Å². The standard InChI is InChI=1S/C16H26N2O7S2/c1-9(19)17-13(15(21)22)7-26-5-11-3-4-12(25-11)6-27-8-14(16(23)24)18-10(2)20/h11-14H,3-8H2,1-2H3,(H,17,19)(H,18,20)(H,21,22)(H,23,24)/t11?,12?,13-,14-/m0/s1. The van der Waals surface area contributed by atoms with Crippen LogP contribution in [0, 0.1) is 0 Å². The summed E-state index contributed by atoms with van der Waals surface area (Å²) in [5.41, 5.74) is 0. The number of carbonyl (C=O) groups excluding carboxylic acids is 2. The van der Waals surface area contributed by atoms with Crippen LogP contribution in [0.25, 0.3) is 0 Å². The average molecular weight is 423 g/mol. The van der Waals surface area contributed by atoms with Crippen molar-refractivity contribution in [1.29, 1.82) is 0 Å². The van der Waals surface area contributed by atoms with Crippen molar-refractivity contribution >= 4 is 47.3 Å². The summed E-state index contributed by atoms with van der Waals surface area (Å²) in [6.07, 6.45) is 1.73. The van der Waals surface area contributed by atoms with Gasteiger partial charge in [-0.15, -0.1) is 0 Å². The van der Waals surface area contributed by atoms with Crippen molar-refractivity contribution < 1.29 is 34.1 Å². The Morgan fingerprint density at radius 2 is 1.26 bits per heavy atom. The van der Waals surface area contributed by atoms with Gasteiger partial charge < -0.3 is 25.6 Å². The molecule has 4 N–H and O–H groups in total. The van der Waals surface area contributed by atoms with Crippen LogP contribution in [0.15, 0.2) is 0 Å². The molecule has 4 atom stereocenters. The molecule has 9 nitrogen and oxygen atoms in total. The molecular formula is C16H26N2O7S2. The van der Waals surface area contributed by atoms with Crippen molar-refractivity contribution in [3.05, 3.63) is 0 Å². The number of carbonyl (C=O) groups is 4. The third kappa shape index (κ3) is 9.87. The molecular weight excluding hydrogens is 396 g/mol. The van der Waals surface area contributed by atoms with E-state index in [0.29, 0.717) is 11.5 Å². The van der Waals surface area contributed by atoms with Crippen molar-refractivity contribution in [2.45, 2.75) is 51.0 Å². The molecule has 0 saturated carbocycles. The van der Waals surface area contributed by atoms with Gasteiger partial charge in [-0.3, -0.25) is 9.59 Å². The zero-order chi connectivity index (χ0) is 20.4. The molecule has 2 unspecified atom stereocenters. The van der Waals surface area contributed by atoms with Gasteiger partial charge in [-0.1, -0.05) is 0 Å². The molecule has 2 amide bonds. The molecule has 0 aliphatic carbocycles. The van der Waals surface area contributed by atoms with Crippen LogP contribution in [-0.4, -0.2) is 81.3 Å². The number of carboxylic acid groups (broad SMARTS) is 2. The van der Waals surface area contributed by atoms with E-state index in [2.05, 4.69) is 10.6 Å². The van der Waals surface area contributed by atoms with Crippen LogP contribution in [-0.2, 0) is 23.9 Å². The quantitative estimate of drug-likeness (QED) is 0.346. The highest BCUT2D eigenvalue weighted by atomic mass is 32.2. The molecule has 0 bridgehead atoms. The van der Waals surface area contributed by atoms with Crippen molar-refractivity contribution in [1.82, 2.24) is 10.6 Å². The largest absolute Gasteiger partial charge is 0.480 e. The fraction of sp³-hybridized carbons (Fsp3) is 0.750. The third-order valence-electron chi connectivity index (χ3n) is 3.72. The highest BCUT2D eigenvalue weighted by molar-refractivity contribution is 7.99. The lowest BCUT2D eigenvalue weighted by Crippen LogP contribution is -2.41. The average Bonchev–Trinajstić information content (AvgIpc) is 2.99. The van der Waals surface area contributed by atoms with Crippen LogP contribution in [0.3, 0.4) is 0 Å². The van der Waals surface area contributed by atoms with Crippen LogP contribution < -0.4 is 10.6 Å². The molecule has 0 spiro atoms. The lowest BCUT2D eigenvalue weighted by atomic mass is 10.2. The smallest absolute Gasteiger partial charge is 0.327 e. The van der Waals surface area contributed by atoms with Crippen molar-refractivity contribution in [2.75, 3.05) is 23.0 Å². The number of amides is 2. The molecule has 11 heteroatoms. The van der Waals surface area contributed by atoms with Crippen LogP contribution in [0.5, 0.6) is 0 Å². The van der Waals surface area contributed by atoms with Crippen molar-refractivity contribution in [3.8, 4) is 0 Å². The second-order valence-corrected chi connectivity index (χ2v) is 8.36. The summed E-state index contributed by atoms with van der Waals surface area (Å²) in [6, 6.07) is -1.83. The molecule has 1 aliphatic heterocycles. The molecule has 0 aromatic carbocycles. The monoisotopic (exact) mass is 422 g/mol. The van der Waals surface area contributed by atoms with Crippen molar-refractivity contribution in [3.63, 3.8) is 0 Å². The minimum atomic E-state index is -1.06. The first-order valence-electron chi connectivity index (χ1n) is 8.49. The highest BCUT2D eigenvalue weighted by Crippen LogP contribution is 2.25. The molecule has 0 aromatic rings. The lowest BCUT2D eigenvalue weighted by molar-refractivity contribution is -0.141. The number of aliphatic carboxylic acids is 2. The van der Waals surface area contributed by atoms with Crippen LogP contribution >= 0.6 is 23.5 Å². The van der Waals surface area contributed by atoms with Gasteiger partial charge in [0.05, 0.1) is 12.2 Å². The first kappa shape index (κ1) is 23.6. The second-order valence-electron chi connectivity index (χ2n) is 6.22. The summed E-state index contributed by atoms with van der Waals surface area (Å²) in [5.74, 6) is -1.08. The van der Waals surface area contributed by atoms with Gasteiger partial charge in [0.2, 0.25) is 11.8 Å². The van der Waals surface area contributed by atoms with Crippen LogP contribution in [0.2, 0.25) is 0 Å². The number of rotatable bonds is 12. The number of carboxylic acids is 2. The van der Waals surface area contributed by atoms with Crippen molar-refractivity contribution in [2.24, 2.45) is 0 Å². The summed E-state index contributed by atoms with van der Waals surface area (Å²) in [7, 11) is 0. The summed E-state index contributed by atoms with van der Waals surface area (Å²) in [4.78, 5) is 44.1. The second kappa shape index (κ2) is 12.1. The number of thioether (sulfide) groups is 2. The predicted octanol–water partition coefficient (Wildman–Crippen LogP) is 0.179. The minimum absolute atomic E-state index is 0.0120. The van der Waals surface area contributed by atoms with Gasteiger partial charge in [0.15, 0.2) is 0 Å². The first-order valence-corrected chi connectivity index (χ1v) is 10.8. The zero-order valence-corrected chi connectivity index (χ0v) is 16.9. The third-order valence-corrected chi connectivity index (χ3v) is 6.08. The molecule has 27 heavy (non-hydrogen) atoms. The van der Waals surface area contributed by atoms with E-state index in [-0.39, 0.29) is 35.5 Å². The molecule has 1 aliphatic rings. The van der Waals surface area contributed by atoms with E-state index in [1.165, 1.54) is 37.4 Å². The number of hydrogen-bond acceptors (Lipinski definition) is 7. The summed E-state index contributed by atoms with van der Waals surface area (Å²) >= 11 is 2.84.